The lowest BCUT2D eigenvalue weighted by Crippen LogP contribution is -2.28. The highest BCUT2D eigenvalue weighted by Gasteiger charge is 2.25. The molecular formula is C22H21BrN2O4S. The van der Waals surface area contributed by atoms with E-state index >= 15 is 0 Å². The predicted octanol–water partition coefficient (Wildman–Crippen LogP) is 4.77. The first-order valence-corrected chi connectivity index (χ1v) is 10.9. The van der Waals surface area contributed by atoms with Gasteiger partial charge in [-0.15, -0.1) is 11.3 Å². The zero-order valence-electron chi connectivity index (χ0n) is 16.8. The van der Waals surface area contributed by atoms with Crippen LogP contribution >= 0.6 is 27.3 Å². The zero-order valence-corrected chi connectivity index (χ0v) is 19.2. The normalized spacial score (nSPS) is 10.7. The van der Waals surface area contributed by atoms with Gasteiger partial charge in [0.25, 0.3) is 5.56 Å². The Morgan fingerprint density at radius 3 is 2.53 bits per heavy atom. The molecule has 3 rings (SSSR count). The molecule has 0 saturated carbocycles. The Labute approximate surface area is 186 Å². The van der Waals surface area contributed by atoms with Gasteiger partial charge in [-0.1, -0.05) is 34.1 Å². The van der Waals surface area contributed by atoms with E-state index in [4.69, 9.17) is 4.74 Å². The van der Waals surface area contributed by atoms with Gasteiger partial charge in [-0.05, 0) is 44.5 Å². The highest BCUT2D eigenvalue weighted by atomic mass is 79.9. The predicted molar refractivity (Wildman–Crippen MR) is 122 cm³/mol. The number of anilines is 1. The maximum atomic E-state index is 12.7. The fourth-order valence-corrected chi connectivity index (χ4v) is 4.44. The van der Waals surface area contributed by atoms with Crippen LogP contribution in [0.1, 0.15) is 27.7 Å². The van der Waals surface area contributed by atoms with Crippen LogP contribution in [0.3, 0.4) is 0 Å². The van der Waals surface area contributed by atoms with Crippen LogP contribution in [-0.2, 0) is 16.1 Å². The van der Waals surface area contributed by atoms with Gasteiger partial charge in [0.2, 0.25) is 5.91 Å². The van der Waals surface area contributed by atoms with E-state index in [1.54, 1.807) is 32.2 Å². The summed E-state index contributed by atoms with van der Waals surface area (Å²) in [5.41, 5.74) is 2.24. The molecule has 1 aromatic carbocycles. The maximum absolute atomic E-state index is 12.7. The number of aryl methyl sites for hydroxylation is 2. The summed E-state index contributed by atoms with van der Waals surface area (Å²) < 4.78 is 7.52. The number of carbonyl (C=O) groups excluding carboxylic acids is 2. The van der Waals surface area contributed by atoms with E-state index in [1.165, 1.54) is 15.9 Å². The summed E-state index contributed by atoms with van der Waals surface area (Å²) >= 11 is 4.72. The molecule has 0 saturated heterocycles. The molecule has 0 unspecified atom stereocenters. The molecule has 0 aliphatic rings. The Balaban J connectivity index is 1.97. The summed E-state index contributed by atoms with van der Waals surface area (Å²) in [6.07, 6.45) is 1.56. The van der Waals surface area contributed by atoms with Crippen LogP contribution < -0.4 is 10.9 Å². The highest BCUT2D eigenvalue weighted by molar-refractivity contribution is 9.10. The average Bonchev–Trinajstić information content (AvgIpc) is 3.02. The number of amides is 1. The number of rotatable bonds is 6. The van der Waals surface area contributed by atoms with Gasteiger partial charge in [0, 0.05) is 26.7 Å². The standard InChI is InChI=1S/C22H21BrN2O4S/c1-4-29-22(28)19-18(15-7-9-16(23)10-8-15)14(3)30-20(19)24-17(26)12-25-11-5-6-13(2)21(25)27/h5-11H,4,12H2,1-3H3,(H,24,26). The average molecular weight is 489 g/mol. The van der Waals surface area contributed by atoms with Crippen molar-refractivity contribution in [2.75, 3.05) is 11.9 Å². The van der Waals surface area contributed by atoms with Crippen LogP contribution in [-0.4, -0.2) is 23.1 Å². The second-order valence-electron chi connectivity index (χ2n) is 6.64. The molecule has 6 nitrogen and oxygen atoms in total. The van der Waals surface area contributed by atoms with Gasteiger partial charge in [0.1, 0.15) is 17.1 Å². The first-order valence-electron chi connectivity index (χ1n) is 9.34. The lowest BCUT2D eigenvalue weighted by atomic mass is 10.0. The molecule has 1 amide bonds. The van der Waals surface area contributed by atoms with Crippen molar-refractivity contribution in [1.29, 1.82) is 0 Å². The third-order valence-electron chi connectivity index (χ3n) is 4.47. The molecule has 30 heavy (non-hydrogen) atoms. The van der Waals surface area contributed by atoms with Gasteiger partial charge < -0.3 is 14.6 Å². The van der Waals surface area contributed by atoms with E-state index in [9.17, 15) is 14.4 Å². The third kappa shape index (κ3) is 4.71. The molecule has 2 aromatic heterocycles. The number of benzene rings is 1. The van der Waals surface area contributed by atoms with Crippen molar-refractivity contribution in [2.45, 2.75) is 27.3 Å². The quantitative estimate of drug-likeness (QED) is 0.506. The molecule has 0 radical (unpaired) electrons. The van der Waals surface area contributed by atoms with Crippen LogP contribution in [0.4, 0.5) is 5.00 Å². The van der Waals surface area contributed by atoms with Gasteiger partial charge in [-0.3, -0.25) is 9.59 Å². The van der Waals surface area contributed by atoms with Crippen molar-refractivity contribution in [3.8, 4) is 11.1 Å². The molecule has 1 N–H and O–H groups in total. The van der Waals surface area contributed by atoms with Gasteiger partial charge in [-0.2, -0.15) is 0 Å². The number of esters is 1. The molecule has 8 heteroatoms. The van der Waals surface area contributed by atoms with E-state index in [2.05, 4.69) is 21.2 Å². The summed E-state index contributed by atoms with van der Waals surface area (Å²) in [5.74, 6) is -0.889. The zero-order chi connectivity index (χ0) is 21.8. The first kappa shape index (κ1) is 22.0. The largest absolute Gasteiger partial charge is 0.462 e. The number of carbonyl (C=O) groups is 2. The van der Waals surface area contributed by atoms with Crippen LogP contribution in [0.25, 0.3) is 11.1 Å². The van der Waals surface area contributed by atoms with Crippen molar-refractivity contribution in [3.05, 3.63) is 73.4 Å². The van der Waals surface area contributed by atoms with Crippen LogP contribution in [0.2, 0.25) is 0 Å². The minimum atomic E-state index is -0.497. The van der Waals surface area contributed by atoms with Crippen molar-refractivity contribution < 1.29 is 14.3 Å². The highest BCUT2D eigenvalue weighted by Crippen LogP contribution is 2.40. The molecule has 3 aromatic rings. The van der Waals surface area contributed by atoms with Crippen LogP contribution in [0.5, 0.6) is 0 Å². The topological polar surface area (TPSA) is 77.4 Å². The molecule has 0 aliphatic heterocycles. The third-order valence-corrected chi connectivity index (χ3v) is 6.02. The smallest absolute Gasteiger partial charge is 0.341 e. The summed E-state index contributed by atoms with van der Waals surface area (Å²) in [7, 11) is 0. The number of aromatic nitrogens is 1. The van der Waals surface area contributed by atoms with E-state index in [-0.39, 0.29) is 18.7 Å². The SMILES string of the molecule is CCOC(=O)c1c(NC(=O)Cn2cccc(C)c2=O)sc(C)c1-c1ccc(Br)cc1. The number of nitrogens with zero attached hydrogens (tertiary/aromatic N) is 1. The minimum absolute atomic E-state index is 0.145. The molecular weight excluding hydrogens is 468 g/mol. The number of hydrogen-bond acceptors (Lipinski definition) is 5. The molecule has 156 valence electrons. The summed E-state index contributed by atoms with van der Waals surface area (Å²) in [5, 5.41) is 3.21. The monoisotopic (exact) mass is 488 g/mol. The van der Waals surface area contributed by atoms with E-state index < -0.39 is 11.9 Å². The number of ether oxygens (including phenoxy) is 1. The van der Waals surface area contributed by atoms with Crippen molar-refractivity contribution in [1.82, 2.24) is 4.57 Å². The lowest BCUT2D eigenvalue weighted by molar-refractivity contribution is -0.116. The van der Waals surface area contributed by atoms with Gasteiger partial charge in [-0.25, -0.2) is 4.79 Å². The van der Waals surface area contributed by atoms with E-state index in [1.807, 2.05) is 31.2 Å². The Hall–Kier alpha value is -2.71. The molecule has 0 bridgehead atoms. The summed E-state index contributed by atoms with van der Waals surface area (Å²) in [4.78, 5) is 38.5. The Kier molecular flexibility index (Phi) is 6.89. The number of halogens is 1. The fraction of sp³-hybridized carbons (Fsp3) is 0.227. The summed E-state index contributed by atoms with van der Waals surface area (Å²) in [6, 6.07) is 11.0. The molecule has 0 atom stereocenters. The number of thiophene rings is 1. The van der Waals surface area contributed by atoms with Crippen LogP contribution in [0, 0.1) is 13.8 Å². The second kappa shape index (κ2) is 9.40. The fourth-order valence-electron chi connectivity index (χ4n) is 3.10. The molecule has 0 fully saturated rings. The number of pyridine rings is 1. The number of hydrogen-bond donors (Lipinski definition) is 1. The molecule has 2 heterocycles. The van der Waals surface area contributed by atoms with E-state index in [0.29, 0.717) is 16.1 Å². The second-order valence-corrected chi connectivity index (χ2v) is 8.78. The Bertz CT molecular complexity index is 1150. The van der Waals surface area contributed by atoms with Gasteiger partial charge in [0.15, 0.2) is 0 Å². The molecule has 0 aliphatic carbocycles. The maximum Gasteiger partial charge on any atom is 0.341 e. The van der Waals surface area contributed by atoms with Gasteiger partial charge in [0.05, 0.1) is 6.61 Å². The van der Waals surface area contributed by atoms with E-state index in [0.717, 1.165) is 20.5 Å². The first-order chi connectivity index (χ1) is 14.3. The summed E-state index contributed by atoms with van der Waals surface area (Å²) in [6.45, 7) is 5.40. The van der Waals surface area contributed by atoms with Crippen molar-refractivity contribution >= 4 is 44.1 Å². The minimum Gasteiger partial charge on any atom is -0.462 e. The lowest BCUT2D eigenvalue weighted by Gasteiger charge is -2.10. The number of nitrogens with one attached hydrogen (secondary N) is 1. The Morgan fingerprint density at radius 2 is 1.87 bits per heavy atom. The Morgan fingerprint density at radius 1 is 1.17 bits per heavy atom. The van der Waals surface area contributed by atoms with Gasteiger partial charge >= 0.3 is 5.97 Å². The van der Waals surface area contributed by atoms with Crippen LogP contribution in [0.15, 0.2) is 51.9 Å². The van der Waals surface area contributed by atoms with Crippen molar-refractivity contribution in [3.63, 3.8) is 0 Å². The van der Waals surface area contributed by atoms with Crippen molar-refractivity contribution in [2.24, 2.45) is 0 Å². The molecule has 0 spiro atoms.